The van der Waals surface area contributed by atoms with Crippen molar-refractivity contribution in [3.63, 3.8) is 0 Å². The highest BCUT2D eigenvalue weighted by molar-refractivity contribution is 7.13. The van der Waals surface area contributed by atoms with Crippen molar-refractivity contribution in [3.8, 4) is 27.6 Å². The van der Waals surface area contributed by atoms with Crippen LogP contribution in [0.2, 0.25) is 0 Å². The molecule has 0 unspecified atom stereocenters. The highest BCUT2D eigenvalue weighted by Gasteiger charge is 2.44. The van der Waals surface area contributed by atoms with Crippen LogP contribution in [0.4, 0.5) is 23.0 Å². The monoisotopic (exact) mass is 972 g/mol. The van der Waals surface area contributed by atoms with E-state index in [4.69, 9.17) is 4.74 Å². The van der Waals surface area contributed by atoms with Crippen molar-refractivity contribution in [2.75, 3.05) is 37.9 Å². The highest BCUT2D eigenvalue weighted by atomic mass is 32.1. The molecule has 0 bridgehead atoms. The molecule has 4 atom stereocenters. The number of aromatic nitrogens is 7. The molecular weight excluding hydrogens is 917 g/mol. The molecule has 70 heavy (non-hydrogen) atoms. The second-order valence-electron chi connectivity index (χ2n) is 17.8. The van der Waals surface area contributed by atoms with Crippen LogP contribution in [0.25, 0.3) is 21.8 Å². The van der Waals surface area contributed by atoms with E-state index in [1.807, 2.05) is 44.2 Å². The summed E-state index contributed by atoms with van der Waals surface area (Å²) in [6, 6.07) is 15.5. The first-order chi connectivity index (χ1) is 33.4. The molecule has 7 rings (SSSR count). The van der Waals surface area contributed by atoms with Crippen LogP contribution in [0.5, 0.6) is 5.75 Å². The number of hydrogen-bond acceptors (Lipinski definition) is 16. The Labute approximate surface area is 408 Å². The van der Waals surface area contributed by atoms with Crippen molar-refractivity contribution >= 4 is 63.9 Å². The van der Waals surface area contributed by atoms with Crippen LogP contribution in [0, 0.1) is 12.3 Å². The van der Waals surface area contributed by atoms with E-state index in [0.717, 1.165) is 21.7 Å². The molecule has 21 nitrogen and oxygen atoms in total. The number of aliphatic hydroxyl groups is 1. The third kappa shape index (κ3) is 11.7. The number of carbonyl (C=O) groups excluding carboxylic acids is 5. The fraction of sp³-hybridized carbons (Fsp3) is 0.354. The van der Waals surface area contributed by atoms with E-state index in [2.05, 4.69) is 62.1 Å². The fourth-order valence-electron chi connectivity index (χ4n) is 7.85. The van der Waals surface area contributed by atoms with Crippen LogP contribution in [-0.4, -0.2) is 120 Å². The van der Waals surface area contributed by atoms with Gasteiger partial charge in [0.1, 0.15) is 24.2 Å². The number of hydrogen-bond donors (Lipinski definition) is 7. The van der Waals surface area contributed by atoms with E-state index in [1.165, 1.54) is 31.3 Å². The first kappa shape index (κ1) is 50.0. The molecule has 0 radical (unpaired) electrons. The minimum atomic E-state index is -1.04. The molecule has 7 N–H and O–H groups in total. The maximum absolute atomic E-state index is 14.2. The van der Waals surface area contributed by atoms with Crippen molar-refractivity contribution < 1.29 is 33.8 Å². The van der Waals surface area contributed by atoms with Gasteiger partial charge in [0.05, 0.1) is 57.8 Å². The quantitative estimate of drug-likeness (QED) is 0.0666. The van der Waals surface area contributed by atoms with Gasteiger partial charge in [-0.2, -0.15) is 5.10 Å². The van der Waals surface area contributed by atoms with Gasteiger partial charge in [0.25, 0.3) is 11.8 Å². The fourth-order valence-corrected chi connectivity index (χ4v) is 8.66. The number of nitrogens with zero attached hydrogens (tertiary/aromatic N) is 8. The van der Waals surface area contributed by atoms with Crippen molar-refractivity contribution in [3.05, 3.63) is 101 Å². The molecule has 22 heteroatoms. The Morgan fingerprint density at radius 1 is 0.929 bits per heavy atom. The number of thiazole rings is 1. The van der Waals surface area contributed by atoms with Gasteiger partial charge in [-0.05, 0) is 54.7 Å². The van der Waals surface area contributed by atoms with Gasteiger partial charge < -0.3 is 46.6 Å². The summed E-state index contributed by atoms with van der Waals surface area (Å²) in [6.45, 7) is 9.08. The molecule has 0 saturated carbocycles. The van der Waals surface area contributed by atoms with Crippen LogP contribution in [0.3, 0.4) is 0 Å². The molecule has 366 valence electrons. The Balaban J connectivity index is 0.932. The number of aryl methyl sites for hydroxylation is 2. The zero-order chi connectivity index (χ0) is 50.3. The van der Waals surface area contributed by atoms with Gasteiger partial charge in [0, 0.05) is 52.3 Å². The highest BCUT2D eigenvalue weighted by Crippen LogP contribution is 2.37. The summed E-state index contributed by atoms with van der Waals surface area (Å²) < 4.78 is 7.30. The number of rotatable bonds is 17. The number of ether oxygens (including phenoxy) is 1. The summed E-state index contributed by atoms with van der Waals surface area (Å²) in [5.74, 6) is -0.951. The van der Waals surface area contributed by atoms with Crippen LogP contribution < -0.4 is 36.6 Å². The molecule has 1 aliphatic rings. The molecule has 0 aliphatic carbocycles. The summed E-state index contributed by atoms with van der Waals surface area (Å²) >= 11 is 1.56. The summed E-state index contributed by atoms with van der Waals surface area (Å²) in [5.41, 5.74) is 5.52. The lowest BCUT2D eigenvalue weighted by Crippen LogP contribution is -2.58. The molecule has 1 fully saturated rings. The van der Waals surface area contributed by atoms with Gasteiger partial charge in [0.15, 0.2) is 23.1 Å². The average Bonchev–Trinajstić information content (AvgIpc) is 4.09. The van der Waals surface area contributed by atoms with E-state index in [-0.39, 0.29) is 49.0 Å². The minimum absolute atomic E-state index is 0.0114. The number of anilines is 4. The number of nitrogens with one attached hydrogen (secondary N) is 6. The van der Waals surface area contributed by atoms with E-state index >= 15 is 0 Å². The van der Waals surface area contributed by atoms with Gasteiger partial charge in [-0.25, -0.2) is 15.0 Å². The lowest BCUT2D eigenvalue weighted by Gasteiger charge is -2.35. The number of benzene rings is 2. The maximum atomic E-state index is 14.2. The van der Waals surface area contributed by atoms with Crippen LogP contribution in [0.15, 0.2) is 78.7 Å². The van der Waals surface area contributed by atoms with Gasteiger partial charge in [0.2, 0.25) is 17.7 Å². The number of aliphatic hydroxyl groups excluding tert-OH is 1. The Kier molecular flexibility index (Phi) is 15.5. The van der Waals surface area contributed by atoms with Crippen LogP contribution in [0.1, 0.15) is 78.7 Å². The number of amides is 5. The second kappa shape index (κ2) is 21.6. The molecule has 5 heterocycles. The van der Waals surface area contributed by atoms with Gasteiger partial charge >= 0.3 is 0 Å². The number of pyridine rings is 1. The first-order valence-electron chi connectivity index (χ1n) is 22.4. The molecule has 0 spiro atoms. The summed E-state index contributed by atoms with van der Waals surface area (Å²) in [7, 11) is 4.75. The molecule has 1 aliphatic heterocycles. The van der Waals surface area contributed by atoms with Gasteiger partial charge in [-0.15, -0.1) is 21.5 Å². The second-order valence-corrected chi connectivity index (χ2v) is 18.6. The first-order valence-corrected chi connectivity index (χ1v) is 23.3. The van der Waals surface area contributed by atoms with Crippen molar-refractivity contribution in [2.24, 2.45) is 12.5 Å². The number of β-amino-alcohol motifs (C(OH)–C–C–N with tert-alkyl or cyclic N) is 1. The summed E-state index contributed by atoms with van der Waals surface area (Å²) in [5, 5.41) is 40.7. The van der Waals surface area contributed by atoms with E-state index in [9.17, 15) is 29.1 Å². The predicted octanol–water partition coefficient (Wildman–Crippen LogP) is 4.44. The van der Waals surface area contributed by atoms with Gasteiger partial charge in [-0.3, -0.25) is 28.7 Å². The predicted molar refractivity (Wildman–Crippen MR) is 263 cm³/mol. The summed E-state index contributed by atoms with van der Waals surface area (Å²) in [4.78, 5) is 82.5. The SMILES string of the molecule is CNC(=O)c1nnc(Nc2ccc(C(=O)NCCC(=O)N[C@H](C(=O)N3C[C@H](O)C[C@H]3C(=O)N[C@@H](C)c3ccc(-c4scnc4C)cc3)C(C)(C)C)cn2)cc1Nc1cccc(-c2ncn(C)n2)c1OC. The number of para-hydroxylation sites is 1. The van der Waals surface area contributed by atoms with E-state index < -0.39 is 53.1 Å². The lowest BCUT2D eigenvalue weighted by atomic mass is 9.85. The number of methoxy groups -OCH3 is 1. The van der Waals surface area contributed by atoms with Crippen molar-refractivity contribution in [2.45, 2.75) is 71.7 Å². The third-order valence-electron chi connectivity index (χ3n) is 11.5. The minimum Gasteiger partial charge on any atom is -0.494 e. The third-order valence-corrected chi connectivity index (χ3v) is 12.5. The Hall–Kier alpha value is -7.85. The Morgan fingerprint density at radius 3 is 2.34 bits per heavy atom. The summed E-state index contributed by atoms with van der Waals surface area (Å²) in [6.07, 6.45) is 1.89. The Morgan fingerprint density at radius 2 is 1.70 bits per heavy atom. The molecule has 4 aromatic heterocycles. The van der Waals surface area contributed by atoms with Crippen LogP contribution in [-0.2, 0) is 21.4 Å². The smallest absolute Gasteiger partial charge is 0.273 e. The zero-order valence-corrected chi connectivity index (χ0v) is 40.8. The topological polar surface area (TPSA) is 272 Å². The molecule has 1 saturated heterocycles. The lowest BCUT2D eigenvalue weighted by molar-refractivity contribution is -0.144. The Bertz CT molecular complexity index is 2860. The maximum Gasteiger partial charge on any atom is 0.273 e. The average molecular weight is 973 g/mol. The largest absolute Gasteiger partial charge is 0.494 e. The van der Waals surface area contributed by atoms with E-state index in [0.29, 0.717) is 34.3 Å². The molecule has 6 aromatic rings. The standard InChI is InChI=1S/C48H56N14O7S/c1-26(28-12-14-29(15-13-28)41-27(2)53-25-70-41)54-45(66)35-20-31(63)23-62(35)47(68)42(48(3,4)5)57-38(64)18-19-50-44(65)30-16-17-36(51-22-30)56-37-21-34(39(59-58-37)46(67)49-6)55-33-11-9-10-32(40(33)69-8)43-52-24-61(7)60-43/h9-17,21-22,24-26,31,35,42,63H,18-20,23H2,1-8H3,(H,49,67)(H,50,65)(H,54,66)(H,57,64)(H2,51,55,56,58)/t26-,31+,35-,42+/m0/s1. The molecule has 2 aromatic carbocycles. The van der Waals surface area contributed by atoms with E-state index in [1.54, 1.807) is 79.9 Å². The van der Waals surface area contributed by atoms with Crippen molar-refractivity contribution in [1.29, 1.82) is 0 Å². The molecule has 5 amide bonds. The van der Waals surface area contributed by atoms with Crippen LogP contribution >= 0.6 is 11.3 Å². The van der Waals surface area contributed by atoms with Crippen molar-refractivity contribution in [1.82, 2.24) is 61.1 Å². The number of likely N-dealkylation sites (tertiary alicyclic amines) is 1. The number of carbonyl (C=O) groups is 5. The normalized spacial score (nSPS) is 15.4. The van der Waals surface area contributed by atoms with Gasteiger partial charge in [-0.1, -0.05) is 51.1 Å². The molecular formula is C48H56N14O7S. The zero-order valence-electron chi connectivity index (χ0n) is 40.0.